The van der Waals surface area contributed by atoms with Gasteiger partial charge in [-0.15, -0.1) is 0 Å². The van der Waals surface area contributed by atoms with E-state index in [9.17, 15) is 5.11 Å². The first-order chi connectivity index (χ1) is 6.72. The lowest BCUT2D eigenvalue weighted by atomic mass is 9.96. The molecule has 1 aromatic carbocycles. The predicted molar refractivity (Wildman–Crippen MR) is 60.4 cm³/mol. The highest BCUT2D eigenvalue weighted by atomic mass is 16.3. The smallest absolute Gasteiger partial charge is 0.0790 e. The van der Waals surface area contributed by atoms with E-state index in [-0.39, 0.29) is 6.10 Å². The summed E-state index contributed by atoms with van der Waals surface area (Å²) in [6.07, 6.45) is 2.56. The second kappa shape index (κ2) is 5.16. The minimum Gasteiger partial charge on any atom is -0.388 e. The molecular weight excluding hydrogens is 172 g/mol. The van der Waals surface area contributed by atoms with E-state index in [2.05, 4.69) is 32.0 Å². The maximum absolute atomic E-state index is 9.80. The summed E-state index contributed by atoms with van der Waals surface area (Å²) in [5.74, 6) is 0. The summed E-state index contributed by atoms with van der Waals surface area (Å²) in [4.78, 5) is 0. The van der Waals surface area contributed by atoms with Gasteiger partial charge in [0.1, 0.15) is 0 Å². The van der Waals surface area contributed by atoms with Gasteiger partial charge in [-0.25, -0.2) is 0 Å². The first-order valence-electron chi connectivity index (χ1n) is 5.52. The lowest BCUT2D eigenvalue weighted by Gasteiger charge is -2.14. The van der Waals surface area contributed by atoms with Gasteiger partial charge >= 0.3 is 0 Å². The third-order valence-electron chi connectivity index (χ3n) is 2.74. The number of benzene rings is 1. The van der Waals surface area contributed by atoms with Crippen molar-refractivity contribution in [3.8, 4) is 0 Å². The maximum atomic E-state index is 9.80. The molecule has 0 aliphatic rings. The highest BCUT2D eigenvalue weighted by Gasteiger charge is 2.09. The number of hydrogen-bond donors (Lipinski definition) is 1. The van der Waals surface area contributed by atoms with Crippen molar-refractivity contribution in [1.82, 2.24) is 0 Å². The third kappa shape index (κ3) is 2.36. The van der Waals surface area contributed by atoms with Crippen LogP contribution in [0, 0.1) is 0 Å². The van der Waals surface area contributed by atoms with Crippen LogP contribution in [0.5, 0.6) is 0 Å². The predicted octanol–water partition coefficient (Wildman–Crippen LogP) is 3.25. The zero-order chi connectivity index (χ0) is 10.6. The Hall–Kier alpha value is -0.820. The van der Waals surface area contributed by atoms with Crippen LogP contribution < -0.4 is 0 Å². The Kier molecular flexibility index (Phi) is 4.15. The molecule has 1 N–H and O–H groups in total. The average molecular weight is 192 g/mol. The fourth-order valence-corrected chi connectivity index (χ4v) is 1.73. The standard InChI is InChI=1S/C13H20O/c1-4-10-7-8-12(13(14)6-3)11(5-2)9-10/h7-9,13-14H,4-6H2,1-3H3. The Morgan fingerprint density at radius 3 is 2.36 bits per heavy atom. The summed E-state index contributed by atoms with van der Waals surface area (Å²) < 4.78 is 0. The van der Waals surface area contributed by atoms with E-state index in [0.29, 0.717) is 0 Å². The van der Waals surface area contributed by atoms with E-state index >= 15 is 0 Å². The molecule has 0 aliphatic carbocycles. The van der Waals surface area contributed by atoms with Gasteiger partial charge in [-0.3, -0.25) is 0 Å². The molecule has 0 bridgehead atoms. The van der Waals surface area contributed by atoms with Crippen LogP contribution in [0.15, 0.2) is 18.2 Å². The molecule has 1 atom stereocenters. The van der Waals surface area contributed by atoms with Crippen LogP contribution >= 0.6 is 0 Å². The Morgan fingerprint density at radius 1 is 1.14 bits per heavy atom. The Bertz CT molecular complexity index is 291. The molecule has 1 rings (SSSR count). The van der Waals surface area contributed by atoms with Crippen molar-refractivity contribution in [3.63, 3.8) is 0 Å². The quantitative estimate of drug-likeness (QED) is 0.776. The van der Waals surface area contributed by atoms with Crippen molar-refractivity contribution >= 4 is 0 Å². The molecule has 0 aromatic heterocycles. The minimum absolute atomic E-state index is 0.296. The molecule has 0 saturated heterocycles. The second-order valence-electron chi connectivity index (χ2n) is 3.66. The van der Waals surface area contributed by atoms with Gasteiger partial charge in [0, 0.05) is 0 Å². The summed E-state index contributed by atoms with van der Waals surface area (Å²) in [6, 6.07) is 6.41. The summed E-state index contributed by atoms with van der Waals surface area (Å²) in [6.45, 7) is 6.31. The van der Waals surface area contributed by atoms with E-state index in [1.54, 1.807) is 0 Å². The highest BCUT2D eigenvalue weighted by molar-refractivity contribution is 5.33. The van der Waals surface area contributed by atoms with Gasteiger partial charge in [0.25, 0.3) is 0 Å². The third-order valence-corrected chi connectivity index (χ3v) is 2.74. The number of aliphatic hydroxyl groups is 1. The Labute approximate surface area is 86.8 Å². The number of aliphatic hydroxyl groups excluding tert-OH is 1. The summed E-state index contributed by atoms with van der Waals surface area (Å²) in [5, 5.41) is 9.80. The molecule has 0 heterocycles. The van der Waals surface area contributed by atoms with Gasteiger partial charge in [0.15, 0.2) is 0 Å². The van der Waals surface area contributed by atoms with Crippen LogP contribution in [0.4, 0.5) is 0 Å². The number of rotatable bonds is 4. The SMILES string of the molecule is CCc1ccc(C(O)CC)c(CC)c1. The molecule has 0 fully saturated rings. The van der Waals surface area contributed by atoms with Crippen LogP contribution in [0.25, 0.3) is 0 Å². The average Bonchev–Trinajstić information content (AvgIpc) is 2.27. The van der Waals surface area contributed by atoms with Crippen molar-refractivity contribution in [2.45, 2.75) is 46.1 Å². The fraction of sp³-hybridized carbons (Fsp3) is 0.538. The zero-order valence-electron chi connectivity index (χ0n) is 9.38. The molecule has 1 aromatic rings. The molecule has 0 amide bonds. The van der Waals surface area contributed by atoms with Gasteiger partial charge < -0.3 is 5.11 Å². The van der Waals surface area contributed by atoms with Crippen LogP contribution in [0.3, 0.4) is 0 Å². The normalized spacial score (nSPS) is 12.9. The van der Waals surface area contributed by atoms with E-state index in [0.717, 1.165) is 24.8 Å². The van der Waals surface area contributed by atoms with Crippen molar-refractivity contribution in [3.05, 3.63) is 34.9 Å². The molecule has 0 spiro atoms. The summed E-state index contributed by atoms with van der Waals surface area (Å²) >= 11 is 0. The molecule has 14 heavy (non-hydrogen) atoms. The minimum atomic E-state index is -0.296. The van der Waals surface area contributed by atoms with Crippen LogP contribution in [0.1, 0.15) is 50.0 Å². The Balaban J connectivity index is 3.04. The molecule has 78 valence electrons. The molecule has 0 aliphatic heterocycles. The van der Waals surface area contributed by atoms with Gasteiger partial charge in [-0.05, 0) is 36.0 Å². The van der Waals surface area contributed by atoms with Crippen LogP contribution in [0.2, 0.25) is 0 Å². The first-order valence-corrected chi connectivity index (χ1v) is 5.52. The molecule has 1 unspecified atom stereocenters. The molecular formula is C13H20O. The largest absolute Gasteiger partial charge is 0.388 e. The van der Waals surface area contributed by atoms with E-state index in [1.807, 2.05) is 6.92 Å². The zero-order valence-corrected chi connectivity index (χ0v) is 9.38. The van der Waals surface area contributed by atoms with Gasteiger partial charge in [-0.1, -0.05) is 39.0 Å². The molecule has 0 saturated carbocycles. The van der Waals surface area contributed by atoms with E-state index in [4.69, 9.17) is 0 Å². The van der Waals surface area contributed by atoms with E-state index < -0.39 is 0 Å². The van der Waals surface area contributed by atoms with Gasteiger partial charge in [-0.2, -0.15) is 0 Å². The topological polar surface area (TPSA) is 20.2 Å². The van der Waals surface area contributed by atoms with Crippen LogP contribution in [-0.4, -0.2) is 5.11 Å². The second-order valence-corrected chi connectivity index (χ2v) is 3.66. The highest BCUT2D eigenvalue weighted by Crippen LogP contribution is 2.22. The lowest BCUT2D eigenvalue weighted by Crippen LogP contribution is -2.01. The monoisotopic (exact) mass is 192 g/mol. The fourth-order valence-electron chi connectivity index (χ4n) is 1.73. The molecule has 1 heteroatoms. The van der Waals surface area contributed by atoms with E-state index in [1.165, 1.54) is 11.1 Å². The van der Waals surface area contributed by atoms with Crippen molar-refractivity contribution in [1.29, 1.82) is 0 Å². The van der Waals surface area contributed by atoms with Crippen molar-refractivity contribution in [2.75, 3.05) is 0 Å². The summed E-state index contributed by atoms with van der Waals surface area (Å²) in [7, 11) is 0. The van der Waals surface area contributed by atoms with Gasteiger partial charge in [0.05, 0.1) is 6.10 Å². The van der Waals surface area contributed by atoms with Crippen LogP contribution in [-0.2, 0) is 12.8 Å². The Morgan fingerprint density at radius 2 is 1.86 bits per heavy atom. The molecule has 1 nitrogen and oxygen atoms in total. The van der Waals surface area contributed by atoms with Crippen molar-refractivity contribution < 1.29 is 5.11 Å². The molecule has 0 radical (unpaired) electrons. The number of hydrogen-bond acceptors (Lipinski definition) is 1. The maximum Gasteiger partial charge on any atom is 0.0790 e. The lowest BCUT2D eigenvalue weighted by molar-refractivity contribution is 0.172. The summed E-state index contributed by atoms with van der Waals surface area (Å²) in [5.41, 5.74) is 3.75. The van der Waals surface area contributed by atoms with Crippen molar-refractivity contribution in [2.24, 2.45) is 0 Å². The first kappa shape index (κ1) is 11.3. The number of aryl methyl sites for hydroxylation is 2. The van der Waals surface area contributed by atoms with Gasteiger partial charge in [0.2, 0.25) is 0 Å².